The van der Waals surface area contributed by atoms with Crippen LogP contribution in [-0.4, -0.2) is 38.3 Å². The second-order valence-corrected chi connectivity index (χ2v) is 10.5. The first-order chi connectivity index (χ1) is 14.9. The molecule has 0 aromatic heterocycles. The summed E-state index contributed by atoms with van der Waals surface area (Å²) in [4.78, 5) is 2.52. The van der Waals surface area contributed by atoms with E-state index in [0.717, 1.165) is 55.8 Å². The normalized spacial score (nSPS) is 25.5. The number of nitrogens with one attached hydrogen (secondary N) is 1. The van der Waals surface area contributed by atoms with Gasteiger partial charge < -0.3 is 0 Å². The molecule has 2 aromatic rings. The van der Waals surface area contributed by atoms with Gasteiger partial charge in [0, 0.05) is 22.5 Å². The third-order valence-electron chi connectivity index (χ3n) is 7.45. The Kier molecular flexibility index (Phi) is 5.95. The van der Waals surface area contributed by atoms with Crippen molar-refractivity contribution in [1.29, 1.82) is 0 Å². The Morgan fingerprint density at radius 1 is 1.23 bits per heavy atom. The molecule has 31 heavy (non-hydrogen) atoms. The molecule has 2 aliphatic carbocycles. The lowest BCUT2D eigenvalue weighted by atomic mass is 9.73. The first-order valence-electron chi connectivity index (χ1n) is 11.1. The van der Waals surface area contributed by atoms with E-state index in [2.05, 4.69) is 15.7 Å². The van der Waals surface area contributed by atoms with Crippen LogP contribution in [0.3, 0.4) is 0 Å². The molecule has 1 heterocycles. The van der Waals surface area contributed by atoms with E-state index in [1.54, 1.807) is 6.07 Å². The molecule has 4 nitrogen and oxygen atoms in total. The van der Waals surface area contributed by atoms with Gasteiger partial charge in [-0.15, -0.1) is 0 Å². The number of hydrogen-bond donors (Lipinski definition) is 2. The van der Waals surface area contributed by atoms with E-state index < -0.39 is 16.8 Å². The summed E-state index contributed by atoms with van der Waals surface area (Å²) in [7, 11) is 0. The van der Waals surface area contributed by atoms with Crippen LogP contribution in [0.25, 0.3) is 0 Å². The van der Waals surface area contributed by atoms with Crippen molar-refractivity contribution in [2.75, 3.05) is 13.1 Å². The zero-order valence-corrected chi connectivity index (χ0v) is 19.0. The molecule has 2 fully saturated rings. The summed E-state index contributed by atoms with van der Waals surface area (Å²) in [6.45, 7) is 2.21. The van der Waals surface area contributed by atoms with Crippen LogP contribution in [0.15, 0.2) is 36.4 Å². The van der Waals surface area contributed by atoms with Crippen molar-refractivity contribution in [3.63, 3.8) is 0 Å². The van der Waals surface area contributed by atoms with Crippen LogP contribution in [0.1, 0.15) is 53.9 Å². The minimum absolute atomic E-state index is 0.193. The number of rotatable bonds is 7. The Morgan fingerprint density at radius 2 is 2.03 bits per heavy atom. The topological polar surface area (TPSA) is 52.6 Å². The standard InChI is InChI=1S/C24H28ClFN2O2S/c25-19-5-1-4-16(10-19)11-21-20-12-18(15-24(6-2-7-24)27-31(29)30)22(26)13-17(20)14-23(21)28-8-3-9-28/h1,4-5,10,12-13,21,23,27H,2-3,6-9,11,14-15H2,(H,29,30). The van der Waals surface area contributed by atoms with Crippen molar-refractivity contribution in [3.8, 4) is 0 Å². The zero-order valence-electron chi connectivity index (χ0n) is 17.4. The first kappa shape index (κ1) is 21.5. The Bertz CT molecular complexity index is 1010. The van der Waals surface area contributed by atoms with E-state index in [4.69, 9.17) is 11.6 Å². The Labute approximate surface area is 190 Å². The molecule has 1 saturated heterocycles. The monoisotopic (exact) mass is 462 g/mol. The molecular formula is C24H28ClFN2O2S. The van der Waals surface area contributed by atoms with E-state index in [0.29, 0.717) is 23.9 Å². The minimum Gasteiger partial charge on any atom is -0.299 e. The highest BCUT2D eigenvalue weighted by Gasteiger charge is 2.41. The molecule has 0 bridgehead atoms. The molecule has 0 amide bonds. The quantitative estimate of drug-likeness (QED) is 0.590. The van der Waals surface area contributed by atoms with E-state index in [1.807, 2.05) is 24.3 Å². The van der Waals surface area contributed by atoms with Gasteiger partial charge >= 0.3 is 0 Å². The van der Waals surface area contributed by atoms with E-state index >= 15 is 4.39 Å². The number of likely N-dealkylation sites (tertiary alicyclic amines) is 1. The molecule has 3 atom stereocenters. The van der Waals surface area contributed by atoms with Crippen LogP contribution < -0.4 is 4.72 Å². The first-order valence-corrected chi connectivity index (χ1v) is 12.6. The highest BCUT2D eigenvalue weighted by Crippen LogP contribution is 2.43. The number of benzene rings is 2. The van der Waals surface area contributed by atoms with Crippen LogP contribution in [-0.2, 0) is 30.5 Å². The summed E-state index contributed by atoms with van der Waals surface area (Å²) >= 11 is 4.14. The minimum atomic E-state index is -2.10. The van der Waals surface area contributed by atoms with Gasteiger partial charge in [0.05, 0.1) is 0 Å². The van der Waals surface area contributed by atoms with E-state index in [1.165, 1.54) is 17.5 Å². The van der Waals surface area contributed by atoms with Gasteiger partial charge in [-0.3, -0.25) is 9.45 Å². The predicted octanol–water partition coefficient (Wildman–Crippen LogP) is 4.63. The summed E-state index contributed by atoms with van der Waals surface area (Å²) < 4.78 is 38.6. The van der Waals surface area contributed by atoms with Gasteiger partial charge in [0.1, 0.15) is 5.82 Å². The molecular weight excluding hydrogens is 435 g/mol. The lowest BCUT2D eigenvalue weighted by molar-refractivity contribution is 0.106. The predicted molar refractivity (Wildman–Crippen MR) is 122 cm³/mol. The summed E-state index contributed by atoms with van der Waals surface area (Å²) in [5.41, 5.74) is 3.71. The van der Waals surface area contributed by atoms with Crippen LogP contribution in [0.5, 0.6) is 0 Å². The lowest BCUT2D eigenvalue weighted by Crippen LogP contribution is -2.53. The summed E-state index contributed by atoms with van der Waals surface area (Å²) in [6, 6.07) is 12.2. The fourth-order valence-corrected chi connectivity index (χ4v) is 6.46. The fraction of sp³-hybridized carbons (Fsp3) is 0.500. The molecule has 166 valence electrons. The molecule has 2 N–H and O–H groups in total. The van der Waals surface area contributed by atoms with E-state index in [9.17, 15) is 8.76 Å². The van der Waals surface area contributed by atoms with Crippen molar-refractivity contribution in [3.05, 3.63) is 69.5 Å². The summed E-state index contributed by atoms with van der Waals surface area (Å²) in [5, 5.41) is 0.742. The summed E-state index contributed by atoms with van der Waals surface area (Å²) in [5.74, 6) is 0.103. The van der Waals surface area contributed by atoms with Crippen LogP contribution >= 0.6 is 11.6 Å². The third-order valence-corrected chi connectivity index (χ3v) is 8.29. The van der Waals surface area contributed by atoms with Gasteiger partial charge in [-0.1, -0.05) is 29.8 Å². The largest absolute Gasteiger partial charge is 0.299 e. The van der Waals surface area contributed by atoms with Crippen molar-refractivity contribution < 1.29 is 13.2 Å². The highest BCUT2D eigenvalue weighted by atomic mass is 35.5. The lowest BCUT2D eigenvalue weighted by Gasteiger charge is -2.41. The Morgan fingerprint density at radius 3 is 2.65 bits per heavy atom. The van der Waals surface area contributed by atoms with Gasteiger partial charge in [0.2, 0.25) is 11.3 Å². The number of hydrogen-bond acceptors (Lipinski definition) is 2. The van der Waals surface area contributed by atoms with Crippen LogP contribution in [0.4, 0.5) is 4.39 Å². The third kappa shape index (κ3) is 4.33. The van der Waals surface area contributed by atoms with Gasteiger partial charge in [0.15, 0.2) is 0 Å². The van der Waals surface area contributed by atoms with Crippen LogP contribution in [0.2, 0.25) is 5.02 Å². The molecule has 1 aliphatic heterocycles. The fourth-order valence-electron chi connectivity index (χ4n) is 5.60. The Balaban J connectivity index is 1.47. The van der Waals surface area contributed by atoms with Crippen molar-refractivity contribution in [1.82, 2.24) is 9.62 Å². The second kappa shape index (κ2) is 8.56. The van der Waals surface area contributed by atoms with Gasteiger partial charge in [0.25, 0.3) is 0 Å². The number of nitrogens with zero attached hydrogens (tertiary/aromatic N) is 1. The molecule has 1 saturated carbocycles. The smallest absolute Gasteiger partial charge is 0.232 e. The molecule has 2 aromatic carbocycles. The highest BCUT2D eigenvalue weighted by molar-refractivity contribution is 7.77. The molecule has 0 spiro atoms. The maximum absolute atomic E-state index is 15.1. The summed E-state index contributed by atoms with van der Waals surface area (Å²) in [6.07, 6.45) is 5.99. The number of fused-ring (bicyclic) bond motifs is 1. The maximum atomic E-state index is 15.1. The maximum Gasteiger partial charge on any atom is 0.232 e. The molecule has 3 aliphatic rings. The average molecular weight is 463 g/mol. The van der Waals surface area contributed by atoms with E-state index in [-0.39, 0.29) is 5.82 Å². The van der Waals surface area contributed by atoms with Gasteiger partial charge in [-0.2, -0.15) is 0 Å². The second-order valence-electron chi connectivity index (χ2n) is 9.41. The van der Waals surface area contributed by atoms with Crippen molar-refractivity contribution >= 4 is 22.9 Å². The average Bonchev–Trinajstić information content (AvgIpc) is 2.95. The molecule has 0 radical (unpaired) electrons. The Hall–Kier alpha value is -1.31. The molecule has 7 heteroatoms. The zero-order chi connectivity index (χ0) is 21.6. The van der Waals surface area contributed by atoms with Crippen LogP contribution in [0, 0.1) is 5.82 Å². The molecule has 3 unspecified atom stereocenters. The van der Waals surface area contributed by atoms with Crippen molar-refractivity contribution in [2.45, 2.75) is 62.4 Å². The molecule has 5 rings (SSSR count). The van der Waals surface area contributed by atoms with Gasteiger partial charge in [-0.25, -0.2) is 13.3 Å². The number of halogens is 2. The van der Waals surface area contributed by atoms with Crippen molar-refractivity contribution in [2.24, 2.45) is 0 Å². The SMILES string of the molecule is O=S(O)NC1(Cc2cc3c(cc2F)CC(N2CCC2)C3Cc2cccc(Cl)c2)CCC1. The van der Waals surface area contributed by atoms with Gasteiger partial charge in [-0.05, 0) is 98.5 Å².